The number of aliphatic hydroxyl groups excluding tert-OH is 2. The quantitative estimate of drug-likeness (QED) is 0.0530. The van der Waals surface area contributed by atoms with Crippen molar-refractivity contribution in [2.24, 2.45) is 17.2 Å². The SMILES string of the molecule is C[C@H](N)C(=O)N[C@@H](CO)C(=O)N1CCC[C@H]1C(=O)N[C@@H](Cc1c[nH]c2ccccc12)C(=O)N[C@H](C(=O)N[C@@H](CC(N)=O)C(=O)N[C@@H](Cc1ccccc1)C(N)=O)[C@@H](C)O. The zero-order chi connectivity index (χ0) is 43.4. The maximum Gasteiger partial charge on any atom is 0.248 e. The van der Waals surface area contributed by atoms with E-state index in [0.29, 0.717) is 17.5 Å². The van der Waals surface area contributed by atoms with Crippen LogP contribution in [0, 0.1) is 0 Å². The molecule has 2 aromatic carbocycles. The fraction of sp³-hybridized carbons (Fsp3) is 0.436. The van der Waals surface area contributed by atoms with Crippen LogP contribution in [0.5, 0.6) is 0 Å². The number of nitrogens with zero attached hydrogens (tertiary/aromatic N) is 1. The van der Waals surface area contributed by atoms with E-state index in [2.05, 4.69) is 31.6 Å². The van der Waals surface area contributed by atoms with Crippen LogP contribution in [-0.4, -0.2) is 129 Å². The number of fused-ring (bicyclic) bond motifs is 1. The number of likely N-dealkylation sites (tertiary alicyclic amines) is 1. The zero-order valence-corrected chi connectivity index (χ0v) is 32.7. The van der Waals surface area contributed by atoms with Gasteiger partial charge in [-0.05, 0) is 43.9 Å². The molecule has 1 aromatic heterocycles. The van der Waals surface area contributed by atoms with Gasteiger partial charge in [0.1, 0.15) is 36.3 Å². The summed E-state index contributed by atoms with van der Waals surface area (Å²) in [6.07, 6.45) is -0.255. The lowest BCUT2D eigenvalue weighted by Gasteiger charge is -2.30. The summed E-state index contributed by atoms with van der Waals surface area (Å²) in [4.78, 5) is 109. The van der Waals surface area contributed by atoms with Gasteiger partial charge in [-0.1, -0.05) is 48.5 Å². The second kappa shape index (κ2) is 20.9. The van der Waals surface area contributed by atoms with Gasteiger partial charge in [-0.25, -0.2) is 0 Å². The van der Waals surface area contributed by atoms with E-state index >= 15 is 0 Å². The number of aliphatic hydroxyl groups is 2. The lowest BCUT2D eigenvalue weighted by atomic mass is 10.0. The average molecular weight is 821 g/mol. The van der Waals surface area contributed by atoms with E-state index in [1.807, 2.05) is 0 Å². The Morgan fingerprint density at radius 1 is 0.780 bits per heavy atom. The highest BCUT2D eigenvalue weighted by molar-refractivity contribution is 5.99. The van der Waals surface area contributed by atoms with Crippen LogP contribution in [0.25, 0.3) is 10.9 Å². The van der Waals surface area contributed by atoms with Gasteiger partial charge in [0.2, 0.25) is 47.3 Å². The van der Waals surface area contributed by atoms with Gasteiger partial charge in [0, 0.05) is 36.5 Å². The largest absolute Gasteiger partial charge is 0.394 e. The number of hydrogen-bond acceptors (Lipinski definition) is 11. The monoisotopic (exact) mass is 820 g/mol. The molecule has 1 aliphatic rings. The van der Waals surface area contributed by atoms with Gasteiger partial charge in [0.25, 0.3) is 0 Å². The molecule has 4 rings (SSSR count). The van der Waals surface area contributed by atoms with Crippen molar-refractivity contribution in [1.29, 1.82) is 0 Å². The first-order valence-electron chi connectivity index (χ1n) is 19.0. The molecule has 1 aliphatic heterocycles. The number of nitrogens with one attached hydrogen (secondary N) is 6. The summed E-state index contributed by atoms with van der Waals surface area (Å²) in [5, 5.41) is 33.6. The molecular weight excluding hydrogens is 768 g/mol. The highest BCUT2D eigenvalue weighted by Crippen LogP contribution is 2.22. The molecule has 318 valence electrons. The predicted octanol–water partition coefficient (Wildman–Crippen LogP) is -3.55. The number of para-hydroxylation sites is 1. The Labute approximate surface area is 339 Å². The van der Waals surface area contributed by atoms with E-state index in [1.54, 1.807) is 60.8 Å². The summed E-state index contributed by atoms with van der Waals surface area (Å²) >= 11 is 0. The van der Waals surface area contributed by atoms with Gasteiger partial charge in [-0.2, -0.15) is 0 Å². The third kappa shape index (κ3) is 12.3. The van der Waals surface area contributed by atoms with Crippen LogP contribution in [0.1, 0.15) is 44.2 Å². The normalized spacial score (nSPS) is 17.3. The summed E-state index contributed by atoms with van der Waals surface area (Å²) in [6.45, 7) is 1.93. The Kier molecular flexibility index (Phi) is 16.0. The Bertz CT molecular complexity index is 2010. The van der Waals surface area contributed by atoms with E-state index < -0.39 is 109 Å². The number of carbonyl (C=O) groups excluding carboxylic acids is 8. The van der Waals surface area contributed by atoms with Crippen LogP contribution in [0.2, 0.25) is 0 Å². The summed E-state index contributed by atoms with van der Waals surface area (Å²) < 4.78 is 0. The summed E-state index contributed by atoms with van der Waals surface area (Å²) in [7, 11) is 0. The highest BCUT2D eigenvalue weighted by atomic mass is 16.3. The number of aromatic amines is 1. The third-order valence-electron chi connectivity index (χ3n) is 9.82. The number of nitrogens with two attached hydrogens (primary N) is 3. The number of carbonyl (C=O) groups is 8. The lowest BCUT2D eigenvalue weighted by Crippen LogP contribution is -2.62. The molecule has 8 amide bonds. The van der Waals surface area contributed by atoms with Crippen molar-refractivity contribution in [3.8, 4) is 0 Å². The number of aromatic nitrogens is 1. The van der Waals surface area contributed by atoms with E-state index in [4.69, 9.17) is 17.2 Å². The van der Waals surface area contributed by atoms with Gasteiger partial charge < -0.3 is 63.9 Å². The molecule has 20 nitrogen and oxygen atoms in total. The second-order valence-electron chi connectivity index (χ2n) is 14.5. The van der Waals surface area contributed by atoms with E-state index in [9.17, 15) is 48.6 Å². The summed E-state index contributed by atoms with van der Waals surface area (Å²) in [6, 6.07) is 6.21. The Morgan fingerprint density at radius 3 is 2.03 bits per heavy atom. The highest BCUT2D eigenvalue weighted by Gasteiger charge is 2.40. The van der Waals surface area contributed by atoms with Crippen LogP contribution in [0.3, 0.4) is 0 Å². The van der Waals surface area contributed by atoms with Crippen molar-refractivity contribution in [3.05, 3.63) is 71.9 Å². The Hall–Kier alpha value is -6.38. The minimum absolute atomic E-state index is 0.00599. The number of H-pyrrole nitrogens is 1. The molecule has 0 unspecified atom stereocenters. The molecule has 1 saturated heterocycles. The molecule has 3 aromatic rings. The van der Waals surface area contributed by atoms with Gasteiger partial charge in [0.05, 0.1) is 25.2 Å². The van der Waals surface area contributed by atoms with Crippen LogP contribution in [-0.2, 0) is 51.2 Å². The Morgan fingerprint density at radius 2 is 1.41 bits per heavy atom. The van der Waals surface area contributed by atoms with Gasteiger partial charge in [0.15, 0.2) is 0 Å². The molecule has 0 aliphatic carbocycles. The molecule has 14 N–H and O–H groups in total. The molecule has 0 bridgehead atoms. The smallest absolute Gasteiger partial charge is 0.248 e. The van der Waals surface area contributed by atoms with E-state index in [-0.39, 0.29) is 25.8 Å². The van der Waals surface area contributed by atoms with E-state index in [1.165, 1.54) is 18.7 Å². The van der Waals surface area contributed by atoms with Crippen molar-refractivity contribution < 1.29 is 48.6 Å². The van der Waals surface area contributed by atoms with Crippen molar-refractivity contribution in [2.45, 2.75) is 94.3 Å². The summed E-state index contributed by atoms with van der Waals surface area (Å²) in [5.74, 6) is -7.11. The van der Waals surface area contributed by atoms with Crippen LogP contribution in [0.4, 0.5) is 0 Å². The van der Waals surface area contributed by atoms with Gasteiger partial charge in [-0.3, -0.25) is 38.4 Å². The summed E-state index contributed by atoms with van der Waals surface area (Å²) in [5.41, 5.74) is 18.5. The second-order valence-corrected chi connectivity index (χ2v) is 14.5. The molecular formula is C39H52N10O10. The maximum absolute atomic E-state index is 14.1. The topological polar surface area (TPSA) is 334 Å². The molecule has 2 heterocycles. The number of rotatable bonds is 20. The molecule has 8 atom stereocenters. The minimum Gasteiger partial charge on any atom is -0.394 e. The molecule has 0 radical (unpaired) electrons. The van der Waals surface area contributed by atoms with Crippen LogP contribution in [0.15, 0.2) is 60.8 Å². The standard InChI is InChI=1S/C39H52N10O10/c1-20(40)34(54)47-29(19-50)39(59)49-14-8-13-30(49)37(57)45-27(16-23-18-43-25-12-7-6-11-24(23)25)36(56)48-32(21(2)51)38(58)46-28(17-31(41)52)35(55)44-26(33(42)53)15-22-9-4-3-5-10-22/h3-7,9-12,18,20-21,26-30,32,43,50-51H,8,13-17,19,40H2,1-2H3,(H2,41,52)(H2,42,53)(H,44,55)(H,45,57)(H,46,58)(H,47,54)(H,48,56)/t20-,21+,26-,27-,28-,29-,30-,32-/m0/s1. The molecule has 0 saturated carbocycles. The number of benzene rings is 2. The van der Waals surface area contributed by atoms with Crippen LogP contribution < -0.4 is 43.8 Å². The van der Waals surface area contributed by atoms with Gasteiger partial charge in [-0.15, -0.1) is 0 Å². The fourth-order valence-electron chi connectivity index (χ4n) is 6.67. The molecule has 0 spiro atoms. The maximum atomic E-state index is 14.1. The number of amides is 8. The van der Waals surface area contributed by atoms with Crippen molar-refractivity contribution in [3.63, 3.8) is 0 Å². The van der Waals surface area contributed by atoms with Crippen LogP contribution >= 0.6 is 0 Å². The zero-order valence-electron chi connectivity index (χ0n) is 32.7. The molecule has 59 heavy (non-hydrogen) atoms. The predicted molar refractivity (Wildman–Crippen MR) is 212 cm³/mol. The first-order chi connectivity index (χ1) is 28.0. The molecule has 1 fully saturated rings. The van der Waals surface area contributed by atoms with Crippen molar-refractivity contribution >= 4 is 58.2 Å². The first-order valence-corrected chi connectivity index (χ1v) is 19.0. The molecule has 20 heteroatoms. The average Bonchev–Trinajstić information content (AvgIpc) is 3.85. The number of primary amides is 2. The number of hydrogen-bond donors (Lipinski definition) is 11. The Balaban J connectivity index is 1.56. The fourth-order valence-corrected chi connectivity index (χ4v) is 6.67. The minimum atomic E-state index is -1.76. The van der Waals surface area contributed by atoms with Crippen molar-refractivity contribution in [2.75, 3.05) is 13.2 Å². The van der Waals surface area contributed by atoms with Gasteiger partial charge >= 0.3 is 0 Å². The third-order valence-corrected chi connectivity index (χ3v) is 9.82. The first kappa shape index (κ1) is 45.3. The lowest BCUT2D eigenvalue weighted by molar-refractivity contribution is -0.143. The van der Waals surface area contributed by atoms with Crippen molar-refractivity contribution in [1.82, 2.24) is 36.5 Å². The van der Waals surface area contributed by atoms with E-state index in [0.717, 1.165) is 10.9 Å².